The number of hydrogen-bond acceptors (Lipinski definition) is 4. The zero-order chi connectivity index (χ0) is 15.1. The highest BCUT2D eigenvalue weighted by molar-refractivity contribution is 5.97. The smallest absolute Gasteiger partial charge is 0.252 e. The van der Waals surface area contributed by atoms with Crippen molar-refractivity contribution in [3.8, 4) is 0 Å². The standard InChI is InChI=1S/C14H22N4O2/c1-5-15-12-8-11(6-7-16-12)14(20)18-10(4)13(19)17-9(2)3/h6-10H,5H2,1-4H3,(H,15,16)(H,17,19)(H,18,20). The highest BCUT2D eigenvalue weighted by atomic mass is 16.2. The van der Waals surface area contributed by atoms with Crippen molar-refractivity contribution < 1.29 is 9.59 Å². The fraction of sp³-hybridized carbons (Fsp3) is 0.500. The quantitative estimate of drug-likeness (QED) is 0.729. The summed E-state index contributed by atoms with van der Waals surface area (Å²) in [5, 5.41) is 8.45. The highest BCUT2D eigenvalue weighted by Crippen LogP contribution is 2.06. The molecular weight excluding hydrogens is 256 g/mol. The van der Waals surface area contributed by atoms with Crippen molar-refractivity contribution >= 4 is 17.6 Å². The molecule has 1 atom stereocenters. The lowest BCUT2D eigenvalue weighted by Gasteiger charge is -2.16. The van der Waals surface area contributed by atoms with Crippen LogP contribution in [0.1, 0.15) is 38.1 Å². The minimum atomic E-state index is -0.583. The van der Waals surface area contributed by atoms with E-state index < -0.39 is 6.04 Å². The Morgan fingerprint density at radius 1 is 1.25 bits per heavy atom. The molecule has 0 spiro atoms. The molecule has 1 rings (SSSR count). The van der Waals surface area contributed by atoms with Crippen molar-refractivity contribution in [1.82, 2.24) is 15.6 Å². The van der Waals surface area contributed by atoms with E-state index in [0.29, 0.717) is 11.4 Å². The van der Waals surface area contributed by atoms with Crippen molar-refractivity contribution in [2.75, 3.05) is 11.9 Å². The van der Waals surface area contributed by atoms with E-state index in [1.54, 1.807) is 25.3 Å². The van der Waals surface area contributed by atoms with E-state index in [-0.39, 0.29) is 17.9 Å². The third-order valence-electron chi connectivity index (χ3n) is 2.55. The van der Waals surface area contributed by atoms with Crippen LogP contribution in [0.5, 0.6) is 0 Å². The van der Waals surface area contributed by atoms with Crippen LogP contribution in [-0.4, -0.2) is 35.4 Å². The first-order chi connectivity index (χ1) is 9.43. The Kier molecular flexibility index (Phi) is 5.96. The second kappa shape index (κ2) is 7.47. The molecule has 1 aromatic rings. The molecule has 0 fully saturated rings. The maximum absolute atomic E-state index is 12.1. The molecule has 20 heavy (non-hydrogen) atoms. The van der Waals surface area contributed by atoms with Crippen LogP contribution in [0, 0.1) is 0 Å². The molecule has 0 aromatic carbocycles. The second-order valence-corrected chi connectivity index (χ2v) is 4.82. The van der Waals surface area contributed by atoms with Gasteiger partial charge in [-0.2, -0.15) is 0 Å². The molecule has 1 unspecified atom stereocenters. The van der Waals surface area contributed by atoms with E-state index in [4.69, 9.17) is 0 Å². The van der Waals surface area contributed by atoms with Crippen LogP contribution in [0.15, 0.2) is 18.3 Å². The number of carbonyl (C=O) groups is 2. The van der Waals surface area contributed by atoms with Crippen LogP contribution in [0.2, 0.25) is 0 Å². The van der Waals surface area contributed by atoms with Crippen LogP contribution < -0.4 is 16.0 Å². The summed E-state index contributed by atoms with van der Waals surface area (Å²) in [6.07, 6.45) is 1.56. The summed E-state index contributed by atoms with van der Waals surface area (Å²) < 4.78 is 0. The summed E-state index contributed by atoms with van der Waals surface area (Å²) in [4.78, 5) is 27.9. The predicted octanol–water partition coefficient (Wildman–Crippen LogP) is 1.16. The monoisotopic (exact) mass is 278 g/mol. The van der Waals surface area contributed by atoms with E-state index in [1.807, 2.05) is 20.8 Å². The summed E-state index contributed by atoms with van der Waals surface area (Å²) in [5.41, 5.74) is 0.472. The van der Waals surface area contributed by atoms with Crippen LogP contribution in [0.25, 0.3) is 0 Å². The van der Waals surface area contributed by atoms with Gasteiger partial charge in [0.2, 0.25) is 5.91 Å². The first-order valence-corrected chi connectivity index (χ1v) is 6.75. The van der Waals surface area contributed by atoms with Crippen molar-refractivity contribution in [3.05, 3.63) is 23.9 Å². The fourth-order valence-electron chi connectivity index (χ4n) is 1.60. The van der Waals surface area contributed by atoms with Crippen LogP contribution in [0.3, 0.4) is 0 Å². The molecule has 0 saturated heterocycles. The average molecular weight is 278 g/mol. The van der Waals surface area contributed by atoms with Crippen LogP contribution in [0.4, 0.5) is 5.82 Å². The number of amides is 2. The van der Waals surface area contributed by atoms with E-state index in [2.05, 4.69) is 20.9 Å². The van der Waals surface area contributed by atoms with Gasteiger partial charge in [-0.05, 0) is 39.8 Å². The zero-order valence-corrected chi connectivity index (χ0v) is 12.4. The Morgan fingerprint density at radius 3 is 2.55 bits per heavy atom. The van der Waals surface area contributed by atoms with E-state index >= 15 is 0 Å². The van der Waals surface area contributed by atoms with Crippen LogP contribution >= 0.6 is 0 Å². The Hall–Kier alpha value is -2.11. The van der Waals surface area contributed by atoms with Gasteiger partial charge in [-0.1, -0.05) is 0 Å². The van der Waals surface area contributed by atoms with Gasteiger partial charge in [0.05, 0.1) is 0 Å². The molecule has 110 valence electrons. The minimum absolute atomic E-state index is 0.0446. The number of aromatic nitrogens is 1. The lowest BCUT2D eigenvalue weighted by molar-refractivity contribution is -0.123. The lowest BCUT2D eigenvalue weighted by atomic mass is 10.2. The average Bonchev–Trinajstić information content (AvgIpc) is 2.38. The maximum atomic E-state index is 12.1. The van der Waals surface area contributed by atoms with Gasteiger partial charge in [0.25, 0.3) is 5.91 Å². The Labute approximate surface area is 119 Å². The lowest BCUT2D eigenvalue weighted by Crippen LogP contribution is -2.46. The molecule has 6 heteroatoms. The van der Waals surface area contributed by atoms with Gasteiger partial charge < -0.3 is 16.0 Å². The van der Waals surface area contributed by atoms with Crippen molar-refractivity contribution in [1.29, 1.82) is 0 Å². The topological polar surface area (TPSA) is 83.1 Å². The molecule has 0 radical (unpaired) electrons. The number of hydrogen-bond donors (Lipinski definition) is 3. The first-order valence-electron chi connectivity index (χ1n) is 6.75. The Bertz CT molecular complexity index is 474. The zero-order valence-electron chi connectivity index (χ0n) is 12.4. The summed E-state index contributed by atoms with van der Waals surface area (Å²) >= 11 is 0. The minimum Gasteiger partial charge on any atom is -0.370 e. The molecule has 1 aromatic heterocycles. The normalized spacial score (nSPS) is 11.8. The van der Waals surface area contributed by atoms with Gasteiger partial charge in [0, 0.05) is 24.3 Å². The van der Waals surface area contributed by atoms with Gasteiger partial charge in [0.15, 0.2) is 0 Å². The Balaban J connectivity index is 2.66. The second-order valence-electron chi connectivity index (χ2n) is 4.82. The molecule has 0 aliphatic carbocycles. The van der Waals surface area contributed by atoms with Gasteiger partial charge in [-0.15, -0.1) is 0 Å². The molecule has 1 heterocycles. The maximum Gasteiger partial charge on any atom is 0.252 e. The van der Waals surface area contributed by atoms with Gasteiger partial charge >= 0.3 is 0 Å². The number of carbonyl (C=O) groups excluding carboxylic acids is 2. The molecule has 0 aliphatic rings. The SMILES string of the molecule is CCNc1cc(C(=O)NC(C)C(=O)NC(C)C)ccn1. The molecule has 0 saturated carbocycles. The number of nitrogens with zero attached hydrogens (tertiary/aromatic N) is 1. The molecule has 2 amide bonds. The highest BCUT2D eigenvalue weighted by Gasteiger charge is 2.17. The number of pyridine rings is 1. The molecule has 0 bridgehead atoms. The molecule has 0 aliphatic heterocycles. The fourth-order valence-corrected chi connectivity index (χ4v) is 1.60. The number of nitrogens with one attached hydrogen (secondary N) is 3. The summed E-state index contributed by atoms with van der Waals surface area (Å²) in [5.74, 6) is 0.145. The van der Waals surface area contributed by atoms with E-state index in [0.717, 1.165) is 6.54 Å². The van der Waals surface area contributed by atoms with Crippen molar-refractivity contribution in [2.24, 2.45) is 0 Å². The van der Waals surface area contributed by atoms with E-state index in [9.17, 15) is 9.59 Å². The van der Waals surface area contributed by atoms with Gasteiger partial charge in [0.1, 0.15) is 11.9 Å². The summed E-state index contributed by atoms with van der Waals surface area (Å²) in [6.45, 7) is 8.08. The summed E-state index contributed by atoms with van der Waals surface area (Å²) in [7, 11) is 0. The largest absolute Gasteiger partial charge is 0.370 e. The third-order valence-corrected chi connectivity index (χ3v) is 2.55. The predicted molar refractivity (Wildman–Crippen MR) is 78.6 cm³/mol. The van der Waals surface area contributed by atoms with Gasteiger partial charge in [-0.25, -0.2) is 4.98 Å². The molecule has 6 nitrogen and oxygen atoms in total. The van der Waals surface area contributed by atoms with Crippen molar-refractivity contribution in [2.45, 2.75) is 39.8 Å². The summed E-state index contributed by atoms with van der Waals surface area (Å²) in [6, 6.07) is 2.73. The van der Waals surface area contributed by atoms with E-state index in [1.165, 1.54) is 0 Å². The number of anilines is 1. The first kappa shape index (κ1) is 15.9. The number of rotatable bonds is 6. The van der Waals surface area contributed by atoms with Crippen LogP contribution in [-0.2, 0) is 4.79 Å². The molecular formula is C14H22N4O2. The molecule has 3 N–H and O–H groups in total. The van der Waals surface area contributed by atoms with Crippen molar-refractivity contribution in [3.63, 3.8) is 0 Å². The van der Waals surface area contributed by atoms with Gasteiger partial charge in [-0.3, -0.25) is 9.59 Å². The third kappa shape index (κ3) is 4.87. The Morgan fingerprint density at radius 2 is 1.95 bits per heavy atom.